The number of methoxy groups -OCH3 is 1. The molecule has 0 amide bonds. The predicted molar refractivity (Wildman–Crippen MR) is 93.8 cm³/mol. The molecule has 4 nitrogen and oxygen atoms in total. The third-order valence-corrected chi connectivity index (χ3v) is 5.67. The molecule has 1 saturated carbocycles. The van der Waals surface area contributed by atoms with Crippen molar-refractivity contribution >= 4 is 5.97 Å². The first-order valence-electron chi connectivity index (χ1n) is 9.17. The van der Waals surface area contributed by atoms with Crippen LogP contribution in [-0.4, -0.2) is 50.8 Å². The van der Waals surface area contributed by atoms with Gasteiger partial charge in [0, 0.05) is 26.2 Å². The minimum absolute atomic E-state index is 0.00612. The molecule has 0 aromatic heterocycles. The van der Waals surface area contributed by atoms with Crippen LogP contribution >= 0.6 is 0 Å². The first kappa shape index (κ1) is 17.4. The second-order valence-corrected chi connectivity index (χ2v) is 7.17. The van der Waals surface area contributed by atoms with Gasteiger partial charge in [0.15, 0.2) is 0 Å². The first-order chi connectivity index (χ1) is 11.7. The molecule has 0 unspecified atom stereocenters. The molecule has 0 spiro atoms. The van der Waals surface area contributed by atoms with Gasteiger partial charge >= 0.3 is 5.97 Å². The van der Waals surface area contributed by atoms with E-state index in [0.717, 1.165) is 58.5 Å². The van der Waals surface area contributed by atoms with Gasteiger partial charge < -0.3 is 14.4 Å². The molecule has 1 heterocycles. The summed E-state index contributed by atoms with van der Waals surface area (Å²) in [6.45, 7) is 4.49. The lowest BCUT2D eigenvalue weighted by Crippen LogP contribution is -2.37. The summed E-state index contributed by atoms with van der Waals surface area (Å²) in [4.78, 5) is 14.7. The van der Waals surface area contributed by atoms with Crippen LogP contribution in [0.3, 0.4) is 0 Å². The van der Waals surface area contributed by atoms with E-state index in [2.05, 4.69) is 29.2 Å². The number of esters is 1. The van der Waals surface area contributed by atoms with E-state index in [1.54, 1.807) is 0 Å². The average molecular weight is 331 g/mol. The summed E-state index contributed by atoms with van der Waals surface area (Å²) in [5, 5.41) is 0. The fraction of sp³-hybridized carbons (Fsp3) is 0.650. The van der Waals surface area contributed by atoms with Gasteiger partial charge in [-0.25, -0.2) is 0 Å². The second kappa shape index (κ2) is 8.13. The average Bonchev–Trinajstić information content (AvgIpc) is 3.16. The van der Waals surface area contributed by atoms with Crippen molar-refractivity contribution in [3.05, 3.63) is 35.9 Å². The lowest BCUT2D eigenvalue weighted by atomic mass is 9.81. The minimum Gasteiger partial charge on any atom is -0.469 e. The Morgan fingerprint density at radius 3 is 2.92 bits per heavy atom. The highest BCUT2D eigenvalue weighted by molar-refractivity contribution is 5.78. The maximum Gasteiger partial charge on any atom is 0.313 e. The molecular weight excluding hydrogens is 302 g/mol. The zero-order valence-electron chi connectivity index (χ0n) is 14.7. The topological polar surface area (TPSA) is 38.8 Å². The van der Waals surface area contributed by atoms with E-state index in [1.165, 1.54) is 19.1 Å². The largest absolute Gasteiger partial charge is 0.469 e. The molecule has 1 saturated heterocycles. The Morgan fingerprint density at radius 2 is 2.12 bits per heavy atom. The van der Waals surface area contributed by atoms with Crippen LogP contribution in [0.4, 0.5) is 0 Å². The highest BCUT2D eigenvalue weighted by Crippen LogP contribution is 2.49. The summed E-state index contributed by atoms with van der Waals surface area (Å²) >= 11 is 0. The summed E-state index contributed by atoms with van der Waals surface area (Å²) in [5.74, 6) is 0.496. The first-order valence-corrected chi connectivity index (χ1v) is 9.17. The summed E-state index contributed by atoms with van der Waals surface area (Å²) in [5.41, 5.74) is 1.10. The van der Waals surface area contributed by atoms with Crippen LogP contribution in [0, 0.1) is 11.3 Å². The smallest absolute Gasteiger partial charge is 0.313 e. The van der Waals surface area contributed by atoms with E-state index < -0.39 is 0 Å². The number of nitrogens with zero attached hydrogens (tertiary/aromatic N) is 1. The van der Waals surface area contributed by atoms with Crippen LogP contribution in [0.5, 0.6) is 0 Å². The fourth-order valence-electron chi connectivity index (χ4n) is 4.43. The number of benzene rings is 1. The molecule has 2 aliphatic rings. The molecule has 0 radical (unpaired) electrons. The minimum atomic E-state index is -0.219. The zero-order valence-corrected chi connectivity index (χ0v) is 14.7. The molecule has 1 aromatic carbocycles. The predicted octanol–water partition coefficient (Wildman–Crippen LogP) is 2.91. The summed E-state index contributed by atoms with van der Waals surface area (Å²) in [6, 6.07) is 10.4. The number of hydrogen-bond acceptors (Lipinski definition) is 4. The fourth-order valence-corrected chi connectivity index (χ4v) is 4.43. The molecule has 2 fully saturated rings. The molecule has 24 heavy (non-hydrogen) atoms. The Labute approximate surface area is 145 Å². The summed E-state index contributed by atoms with van der Waals surface area (Å²) in [6.07, 6.45) is 5.32. The molecule has 0 bridgehead atoms. The van der Waals surface area contributed by atoms with Gasteiger partial charge in [-0.15, -0.1) is 0 Å². The SMILES string of the molecule is COC(=O)[C@]12CCC[C@H]1CN(CCCOCCc1ccccc1)C2. The van der Waals surface area contributed by atoms with Crippen molar-refractivity contribution in [3.8, 4) is 0 Å². The highest BCUT2D eigenvalue weighted by Gasteiger charge is 2.55. The van der Waals surface area contributed by atoms with E-state index in [1.807, 2.05) is 6.07 Å². The number of ether oxygens (including phenoxy) is 2. The monoisotopic (exact) mass is 331 g/mol. The van der Waals surface area contributed by atoms with Crippen LogP contribution in [-0.2, 0) is 20.7 Å². The number of carbonyl (C=O) groups excluding carboxylic acids is 1. The Kier molecular flexibility index (Phi) is 5.90. The van der Waals surface area contributed by atoms with Gasteiger partial charge in [0.05, 0.1) is 19.1 Å². The van der Waals surface area contributed by atoms with Crippen LogP contribution in [0.25, 0.3) is 0 Å². The van der Waals surface area contributed by atoms with Gasteiger partial charge in [-0.1, -0.05) is 36.8 Å². The lowest BCUT2D eigenvalue weighted by molar-refractivity contribution is -0.153. The van der Waals surface area contributed by atoms with E-state index in [0.29, 0.717) is 5.92 Å². The van der Waals surface area contributed by atoms with Crippen molar-refractivity contribution in [1.82, 2.24) is 4.90 Å². The Bertz CT molecular complexity index is 533. The molecule has 1 aliphatic heterocycles. The summed E-state index contributed by atoms with van der Waals surface area (Å²) < 4.78 is 10.9. The second-order valence-electron chi connectivity index (χ2n) is 7.17. The Morgan fingerprint density at radius 1 is 1.29 bits per heavy atom. The lowest BCUT2D eigenvalue weighted by Gasteiger charge is -2.25. The Balaban J connectivity index is 1.34. The van der Waals surface area contributed by atoms with Crippen molar-refractivity contribution in [2.75, 3.05) is 40.0 Å². The van der Waals surface area contributed by atoms with Crippen LogP contribution < -0.4 is 0 Å². The third-order valence-electron chi connectivity index (χ3n) is 5.67. The quantitative estimate of drug-likeness (QED) is 0.542. The maximum atomic E-state index is 12.2. The number of hydrogen-bond donors (Lipinski definition) is 0. The molecule has 1 aromatic rings. The highest BCUT2D eigenvalue weighted by atomic mass is 16.5. The van der Waals surface area contributed by atoms with Gasteiger partial charge in [0.2, 0.25) is 0 Å². The van der Waals surface area contributed by atoms with Crippen molar-refractivity contribution in [2.45, 2.75) is 32.1 Å². The van der Waals surface area contributed by atoms with Gasteiger partial charge in [-0.2, -0.15) is 0 Å². The molecule has 1 aliphatic carbocycles. The number of fused-ring (bicyclic) bond motifs is 1. The molecule has 2 atom stereocenters. The van der Waals surface area contributed by atoms with Gasteiger partial charge in [0.25, 0.3) is 0 Å². The number of likely N-dealkylation sites (tertiary alicyclic amines) is 1. The van der Waals surface area contributed by atoms with E-state index in [-0.39, 0.29) is 11.4 Å². The van der Waals surface area contributed by atoms with E-state index in [9.17, 15) is 4.79 Å². The molecule has 4 heteroatoms. The molecule has 132 valence electrons. The van der Waals surface area contributed by atoms with Crippen LogP contribution in [0.2, 0.25) is 0 Å². The standard InChI is InChI=1S/C20H29NO3/c1-23-19(22)20-11-5-9-18(20)15-21(16-20)12-6-13-24-14-10-17-7-3-2-4-8-17/h2-4,7-8,18H,5-6,9-16H2,1H3/t18-,20-/m0/s1. The molecule has 0 N–H and O–H groups in total. The molecule has 3 rings (SSSR count). The van der Waals surface area contributed by atoms with E-state index >= 15 is 0 Å². The van der Waals surface area contributed by atoms with Crippen molar-refractivity contribution < 1.29 is 14.3 Å². The van der Waals surface area contributed by atoms with Crippen molar-refractivity contribution in [2.24, 2.45) is 11.3 Å². The van der Waals surface area contributed by atoms with Gasteiger partial charge in [-0.3, -0.25) is 4.79 Å². The number of carbonyl (C=O) groups is 1. The normalized spacial score (nSPS) is 26.5. The van der Waals surface area contributed by atoms with Crippen molar-refractivity contribution in [3.63, 3.8) is 0 Å². The van der Waals surface area contributed by atoms with Gasteiger partial charge in [0.1, 0.15) is 0 Å². The zero-order chi connectivity index (χ0) is 16.8. The maximum absolute atomic E-state index is 12.2. The summed E-state index contributed by atoms with van der Waals surface area (Å²) in [7, 11) is 1.52. The molecular formula is C20H29NO3. The van der Waals surface area contributed by atoms with Gasteiger partial charge in [-0.05, 0) is 37.2 Å². The Hall–Kier alpha value is -1.39. The number of rotatable bonds is 8. The van der Waals surface area contributed by atoms with Crippen molar-refractivity contribution in [1.29, 1.82) is 0 Å². The van der Waals surface area contributed by atoms with Crippen LogP contribution in [0.15, 0.2) is 30.3 Å². The van der Waals surface area contributed by atoms with Crippen LogP contribution in [0.1, 0.15) is 31.2 Å². The third kappa shape index (κ3) is 3.81. The van der Waals surface area contributed by atoms with E-state index in [4.69, 9.17) is 9.47 Å².